The second-order valence-corrected chi connectivity index (χ2v) is 7.33. The van der Waals surface area contributed by atoms with E-state index in [4.69, 9.17) is 16.7 Å². The fourth-order valence-corrected chi connectivity index (χ4v) is 3.52. The summed E-state index contributed by atoms with van der Waals surface area (Å²) in [6.07, 6.45) is 4.46. The summed E-state index contributed by atoms with van der Waals surface area (Å²) in [4.78, 5) is 21.3. The zero-order valence-corrected chi connectivity index (χ0v) is 15.9. The molecule has 0 aliphatic carbocycles. The quantitative estimate of drug-likeness (QED) is 0.509. The van der Waals surface area contributed by atoms with Crippen LogP contribution in [0.5, 0.6) is 0 Å². The summed E-state index contributed by atoms with van der Waals surface area (Å²) in [5.74, 6) is -0.715. The number of nitrogens with zero attached hydrogens (tertiary/aromatic N) is 4. The predicted octanol–water partition coefficient (Wildman–Crippen LogP) is 4.83. The number of hydrogen-bond acceptors (Lipinski definition) is 5. The van der Waals surface area contributed by atoms with Crippen LogP contribution in [-0.2, 0) is 0 Å². The first-order valence-corrected chi connectivity index (χ1v) is 9.44. The Morgan fingerprint density at radius 2 is 1.68 bits per heavy atom. The maximum absolute atomic E-state index is 11.1. The highest BCUT2D eigenvalue weighted by atomic mass is 35.5. The number of aromatic nitrogens is 4. The summed E-state index contributed by atoms with van der Waals surface area (Å²) >= 11 is 7.48. The summed E-state index contributed by atoms with van der Waals surface area (Å²) in [6.45, 7) is 0. The van der Waals surface area contributed by atoms with Gasteiger partial charge in [0.1, 0.15) is 5.69 Å². The van der Waals surface area contributed by atoms with Crippen molar-refractivity contribution in [3.05, 3.63) is 83.8 Å². The Balaban J connectivity index is 1.77. The largest absolute Gasteiger partial charge is 0.478 e. The van der Waals surface area contributed by atoms with Crippen LogP contribution in [0.15, 0.2) is 83.0 Å². The third kappa shape index (κ3) is 3.90. The van der Waals surface area contributed by atoms with Gasteiger partial charge in [-0.1, -0.05) is 41.6 Å². The van der Waals surface area contributed by atoms with E-state index in [1.54, 1.807) is 4.68 Å². The van der Waals surface area contributed by atoms with Crippen molar-refractivity contribution in [1.29, 1.82) is 0 Å². The minimum Gasteiger partial charge on any atom is -0.478 e. The molecule has 4 rings (SSSR count). The molecule has 2 aromatic carbocycles. The van der Waals surface area contributed by atoms with E-state index >= 15 is 0 Å². The summed E-state index contributed by atoms with van der Waals surface area (Å²) < 4.78 is 1.75. The minimum absolute atomic E-state index is 0.0261. The van der Waals surface area contributed by atoms with Gasteiger partial charge < -0.3 is 5.11 Å². The van der Waals surface area contributed by atoms with Gasteiger partial charge in [-0.15, -0.1) is 0 Å². The fourth-order valence-electron chi connectivity index (χ4n) is 2.49. The van der Waals surface area contributed by atoms with Gasteiger partial charge in [0, 0.05) is 28.5 Å². The number of halogens is 1. The Morgan fingerprint density at radius 3 is 2.32 bits per heavy atom. The van der Waals surface area contributed by atoms with Crippen LogP contribution in [0, 0.1) is 0 Å². The van der Waals surface area contributed by atoms with Crippen molar-refractivity contribution in [2.24, 2.45) is 0 Å². The predicted molar refractivity (Wildman–Crippen MR) is 107 cm³/mol. The lowest BCUT2D eigenvalue weighted by molar-refractivity contribution is 0.0696. The minimum atomic E-state index is -1.07. The molecular weight excluding hydrogens is 396 g/mol. The van der Waals surface area contributed by atoms with E-state index in [1.807, 2.05) is 60.8 Å². The van der Waals surface area contributed by atoms with E-state index in [0.717, 1.165) is 15.5 Å². The smallest absolute Gasteiger partial charge is 0.338 e. The van der Waals surface area contributed by atoms with Gasteiger partial charge in [-0.25, -0.2) is 19.4 Å². The monoisotopic (exact) mass is 408 g/mol. The lowest BCUT2D eigenvalue weighted by Crippen LogP contribution is -2.00. The first-order chi connectivity index (χ1) is 13.6. The zero-order chi connectivity index (χ0) is 19.5. The van der Waals surface area contributed by atoms with Crippen LogP contribution < -0.4 is 0 Å². The SMILES string of the molecule is O=C(O)c1cnc(-c2nn(-c3ccccc3)cc2Sc2ccc(Cl)cc2)nc1. The van der Waals surface area contributed by atoms with Crippen LogP contribution in [0.25, 0.3) is 17.2 Å². The molecule has 6 nitrogen and oxygen atoms in total. The number of carboxylic acid groups (broad SMARTS) is 1. The highest BCUT2D eigenvalue weighted by molar-refractivity contribution is 7.99. The van der Waals surface area contributed by atoms with E-state index in [1.165, 1.54) is 24.2 Å². The van der Waals surface area contributed by atoms with Gasteiger partial charge in [0.2, 0.25) is 0 Å². The van der Waals surface area contributed by atoms with Crippen molar-refractivity contribution < 1.29 is 9.90 Å². The Labute approximate surface area is 169 Å². The van der Waals surface area contributed by atoms with Crippen molar-refractivity contribution in [3.8, 4) is 17.2 Å². The van der Waals surface area contributed by atoms with E-state index in [9.17, 15) is 4.79 Å². The van der Waals surface area contributed by atoms with Crippen LogP contribution in [0.1, 0.15) is 10.4 Å². The molecular formula is C20H13ClN4O2S. The van der Waals surface area contributed by atoms with Gasteiger partial charge in [-0.3, -0.25) is 0 Å². The molecule has 0 unspecified atom stereocenters. The van der Waals surface area contributed by atoms with Crippen LogP contribution in [0.3, 0.4) is 0 Å². The van der Waals surface area contributed by atoms with E-state index in [2.05, 4.69) is 15.1 Å². The molecule has 28 heavy (non-hydrogen) atoms. The molecule has 8 heteroatoms. The number of benzene rings is 2. The Bertz CT molecular complexity index is 1110. The van der Waals surface area contributed by atoms with Crippen LogP contribution in [0.2, 0.25) is 5.02 Å². The molecule has 4 aromatic rings. The molecule has 0 saturated heterocycles. The summed E-state index contributed by atoms with van der Waals surface area (Å²) in [7, 11) is 0. The summed E-state index contributed by atoms with van der Waals surface area (Å²) in [5.41, 5.74) is 1.49. The van der Waals surface area contributed by atoms with Crippen molar-refractivity contribution in [2.45, 2.75) is 9.79 Å². The Hall–Kier alpha value is -3.16. The lowest BCUT2D eigenvalue weighted by Gasteiger charge is -2.02. The molecule has 2 aromatic heterocycles. The lowest BCUT2D eigenvalue weighted by atomic mass is 10.3. The summed E-state index contributed by atoms with van der Waals surface area (Å²) in [6, 6.07) is 17.2. The fraction of sp³-hybridized carbons (Fsp3) is 0. The third-order valence-electron chi connectivity index (χ3n) is 3.85. The van der Waals surface area contributed by atoms with E-state index < -0.39 is 5.97 Å². The van der Waals surface area contributed by atoms with Crippen LogP contribution in [0.4, 0.5) is 0 Å². The standard InChI is InChI=1S/C20H13ClN4O2S/c21-14-6-8-16(9-7-14)28-17-12-25(15-4-2-1-3-5-15)24-18(17)19-22-10-13(11-23-19)20(26)27/h1-12H,(H,26,27). The van der Waals surface area contributed by atoms with Crippen molar-refractivity contribution in [2.75, 3.05) is 0 Å². The molecule has 0 fully saturated rings. The van der Waals surface area contributed by atoms with Crippen molar-refractivity contribution in [3.63, 3.8) is 0 Å². The third-order valence-corrected chi connectivity index (χ3v) is 5.13. The van der Waals surface area contributed by atoms with Crippen LogP contribution >= 0.6 is 23.4 Å². The highest BCUT2D eigenvalue weighted by Gasteiger charge is 2.17. The molecule has 0 spiro atoms. The molecule has 0 bridgehead atoms. The molecule has 1 N–H and O–H groups in total. The van der Waals surface area contributed by atoms with Gasteiger partial charge in [0.25, 0.3) is 0 Å². The first-order valence-electron chi connectivity index (χ1n) is 8.24. The van der Waals surface area contributed by atoms with Gasteiger partial charge in [-0.2, -0.15) is 5.10 Å². The van der Waals surface area contributed by atoms with Gasteiger partial charge in [0.05, 0.1) is 16.1 Å². The zero-order valence-electron chi connectivity index (χ0n) is 14.4. The van der Waals surface area contributed by atoms with E-state index in [-0.39, 0.29) is 5.56 Å². The molecule has 2 heterocycles. The topological polar surface area (TPSA) is 80.9 Å². The van der Waals surface area contributed by atoms with Crippen molar-refractivity contribution in [1.82, 2.24) is 19.7 Å². The number of rotatable bonds is 5. The Morgan fingerprint density at radius 1 is 1.00 bits per heavy atom. The molecule has 0 aliphatic heterocycles. The number of hydrogen-bond donors (Lipinski definition) is 1. The van der Waals surface area contributed by atoms with Gasteiger partial charge in [0.15, 0.2) is 5.82 Å². The second-order valence-electron chi connectivity index (χ2n) is 5.78. The Kier molecular flexibility index (Phi) is 5.10. The number of carbonyl (C=O) groups is 1. The number of carboxylic acids is 1. The average Bonchev–Trinajstić information content (AvgIpc) is 3.14. The average molecular weight is 409 g/mol. The summed E-state index contributed by atoms with van der Waals surface area (Å²) in [5, 5.41) is 14.4. The molecule has 0 saturated carbocycles. The second kappa shape index (κ2) is 7.84. The number of para-hydroxylation sites is 1. The first kappa shape index (κ1) is 18.2. The molecule has 0 amide bonds. The molecule has 138 valence electrons. The maximum atomic E-state index is 11.1. The normalized spacial score (nSPS) is 10.8. The molecule has 0 aliphatic rings. The highest BCUT2D eigenvalue weighted by Crippen LogP contribution is 2.35. The van der Waals surface area contributed by atoms with Crippen LogP contribution in [-0.4, -0.2) is 30.8 Å². The van der Waals surface area contributed by atoms with E-state index in [0.29, 0.717) is 16.5 Å². The molecule has 0 radical (unpaired) electrons. The van der Waals surface area contributed by atoms with Crippen molar-refractivity contribution >= 4 is 29.3 Å². The molecule has 0 atom stereocenters. The maximum Gasteiger partial charge on any atom is 0.338 e. The van der Waals surface area contributed by atoms with Gasteiger partial charge >= 0.3 is 5.97 Å². The van der Waals surface area contributed by atoms with Gasteiger partial charge in [-0.05, 0) is 36.4 Å². The number of aromatic carboxylic acids is 1.